The summed E-state index contributed by atoms with van der Waals surface area (Å²) in [4.78, 5) is 12.1. The van der Waals surface area contributed by atoms with Crippen LogP contribution in [-0.2, 0) is 35.7 Å². The van der Waals surface area contributed by atoms with Gasteiger partial charge in [-0.15, -0.1) is 0 Å². The summed E-state index contributed by atoms with van der Waals surface area (Å²) in [6.07, 6.45) is 0.213. The highest BCUT2D eigenvalue weighted by atomic mass is 79.9. The Balaban J connectivity index is 1.42. The lowest BCUT2D eigenvalue weighted by atomic mass is 10.1. The fourth-order valence-electron chi connectivity index (χ4n) is 2.71. The molecule has 1 amide bonds. The highest BCUT2D eigenvalue weighted by Crippen LogP contribution is 2.17. The van der Waals surface area contributed by atoms with Gasteiger partial charge in [-0.2, -0.15) is 0 Å². The zero-order valence-corrected chi connectivity index (χ0v) is 16.9. The molecule has 0 saturated heterocycles. The van der Waals surface area contributed by atoms with E-state index < -0.39 is 0 Å². The van der Waals surface area contributed by atoms with Crippen LogP contribution in [0.1, 0.15) is 22.3 Å². The molecule has 28 heavy (non-hydrogen) atoms. The van der Waals surface area contributed by atoms with E-state index in [1.807, 2.05) is 54.6 Å². The van der Waals surface area contributed by atoms with Crippen LogP contribution in [0, 0.1) is 5.82 Å². The second-order valence-corrected chi connectivity index (χ2v) is 7.35. The summed E-state index contributed by atoms with van der Waals surface area (Å²) < 4.78 is 19.3. The average molecular weight is 442 g/mol. The van der Waals surface area contributed by atoms with E-state index in [0.29, 0.717) is 24.2 Å². The van der Waals surface area contributed by atoms with Gasteiger partial charge in [0.15, 0.2) is 0 Å². The quantitative estimate of drug-likeness (QED) is 0.523. The lowest BCUT2D eigenvalue weighted by Crippen LogP contribution is -2.24. The number of rotatable bonds is 8. The Morgan fingerprint density at radius 1 is 0.857 bits per heavy atom. The summed E-state index contributed by atoms with van der Waals surface area (Å²) in [5.74, 6) is -0.439. The first kappa shape index (κ1) is 20.2. The topological polar surface area (TPSA) is 38.3 Å². The predicted octanol–water partition coefficient (Wildman–Crippen LogP) is 5.16. The minimum Gasteiger partial charge on any atom is -0.372 e. The molecule has 0 saturated carbocycles. The first-order valence-electron chi connectivity index (χ1n) is 9.00. The van der Waals surface area contributed by atoms with E-state index in [0.717, 1.165) is 22.3 Å². The zero-order chi connectivity index (χ0) is 19.8. The van der Waals surface area contributed by atoms with Crippen molar-refractivity contribution in [2.45, 2.75) is 26.2 Å². The summed E-state index contributed by atoms with van der Waals surface area (Å²) in [6.45, 7) is 1.57. The van der Waals surface area contributed by atoms with Crippen molar-refractivity contribution in [3.8, 4) is 0 Å². The molecule has 1 N–H and O–H groups in total. The van der Waals surface area contributed by atoms with E-state index in [2.05, 4.69) is 21.2 Å². The number of benzene rings is 3. The third-order valence-corrected chi connectivity index (χ3v) is 4.85. The lowest BCUT2D eigenvalue weighted by Gasteiger charge is -2.08. The van der Waals surface area contributed by atoms with Crippen LogP contribution in [-0.4, -0.2) is 5.91 Å². The third-order valence-electron chi connectivity index (χ3n) is 4.24. The highest BCUT2D eigenvalue weighted by Gasteiger charge is 2.06. The largest absolute Gasteiger partial charge is 0.372 e. The molecular formula is C23H21BrFNO2. The van der Waals surface area contributed by atoms with Crippen LogP contribution in [0.5, 0.6) is 0 Å². The second kappa shape index (κ2) is 10.2. The summed E-state index contributed by atoms with van der Waals surface area (Å²) >= 11 is 3.13. The number of nitrogens with one attached hydrogen (secondary N) is 1. The summed E-state index contributed by atoms with van der Waals surface area (Å²) in [7, 11) is 0. The van der Waals surface area contributed by atoms with Crippen molar-refractivity contribution in [2.75, 3.05) is 0 Å². The molecule has 0 fully saturated rings. The number of hydrogen-bond donors (Lipinski definition) is 1. The van der Waals surface area contributed by atoms with Gasteiger partial charge in [-0.1, -0.05) is 60.7 Å². The molecule has 0 radical (unpaired) electrons. The van der Waals surface area contributed by atoms with Gasteiger partial charge in [-0.05, 0) is 50.3 Å². The van der Waals surface area contributed by atoms with Crippen LogP contribution in [0.4, 0.5) is 4.39 Å². The maximum atomic E-state index is 13.2. The molecule has 0 heterocycles. The number of ether oxygens (including phenoxy) is 1. The molecule has 3 rings (SSSR count). The van der Waals surface area contributed by atoms with Crippen LogP contribution in [0.3, 0.4) is 0 Å². The van der Waals surface area contributed by atoms with E-state index in [4.69, 9.17) is 4.74 Å². The van der Waals surface area contributed by atoms with Crippen LogP contribution in [0.15, 0.2) is 77.3 Å². The number of hydrogen-bond acceptors (Lipinski definition) is 2. The molecule has 0 aromatic heterocycles. The minimum absolute atomic E-state index is 0.103. The van der Waals surface area contributed by atoms with Gasteiger partial charge in [0, 0.05) is 6.54 Å². The SMILES string of the molecule is O=C(Cc1ccc(F)c(Br)c1)NCc1ccc(COCc2ccccc2)cc1. The van der Waals surface area contributed by atoms with Crippen molar-refractivity contribution in [3.63, 3.8) is 0 Å². The van der Waals surface area contributed by atoms with Crippen LogP contribution in [0.25, 0.3) is 0 Å². The Hall–Kier alpha value is -2.50. The summed E-state index contributed by atoms with van der Waals surface area (Å²) in [5, 5.41) is 2.89. The Morgan fingerprint density at radius 3 is 2.14 bits per heavy atom. The molecule has 5 heteroatoms. The van der Waals surface area contributed by atoms with Crippen molar-refractivity contribution in [3.05, 3.63) is 105 Å². The Kier molecular flexibility index (Phi) is 7.34. The second-order valence-electron chi connectivity index (χ2n) is 6.50. The maximum Gasteiger partial charge on any atom is 0.224 e. The van der Waals surface area contributed by atoms with Crippen LogP contribution in [0.2, 0.25) is 0 Å². The molecule has 144 valence electrons. The standard InChI is InChI=1S/C23H21BrFNO2/c24-21-12-20(10-11-22(21)25)13-23(27)26-14-17-6-8-19(9-7-17)16-28-15-18-4-2-1-3-5-18/h1-12H,13-16H2,(H,26,27). The summed E-state index contributed by atoms with van der Waals surface area (Å²) in [5.41, 5.74) is 4.01. The van der Waals surface area contributed by atoms with Gasteiger partial charge < -0.3 is 10.1 Å². The van der Waals surface area contributed by atoms with Crippen molar-refractivity contribution in [1.29, 1.82) is 0 Å². The first-order valence-corrected chi connectivity index (χ1v) is 9.79. The lowest BCUT2D eigenvalue weighted by molar-refractivity contribution is -0.120. The average Bonchev–Trinajstić information content (AvgIpc) is 2.71. The number of amides is 1. The molecule has 0 spiro atoms. The normalized spacial score (nSPS) is 10.6. The van der Waals surface area contributed by atoms with Gasteiger partial charge in [0.1, 0.15) is 5.82 Å². The van der Waals surface area contributed by atoms with E-state index in [1.165, 1.54) is 6.07 Å². The number of carbonyl (C=O) groups is 1. The first-order chi connectivity index (χ1) is 13.6. The zero-order valence-electron chi connectivity index (χ0n) is 15.3. The van der Waals surface area contributed by atoms with Gasteiger partial charge in [-0.3, -0.25) is 4.79 Å². The van der Waals surface area contributed by atoms with E-state index in [9.17, 15) is 9.18 Å². The minimum atomic E-state index is -0.336. The van der Waals surface area contributed by atoms with Crippen LogP contribution < -0.4 is 5.32 Å². The summed E-state index contributed by atoms with van der Waals surface area (Å²) in [6, 6.07) is 22.6. The van der Waals surface area contributed by atoms with Crippen molar-refractivity contribution < 1.29 is 13.9 Å². The van der Waals surface area contributed by atoms with Gasteiger partial charge in [-0.25, -0.2) is 4.39 Å². The van der Waals surface area contributed by atoms with E-state index in [-0.39, 0.29) is 18.1 Å². The van der Waals surface area contributed by atoms with Gasteiger partial charge in [0.05, 0.1) is 24.1 Å². The molecule has 3 aromatic carbocycles. The smallest absolute Gasteiger partial charge is 0.224 e. The third kappa shape index (κ3) is 6.29. The van der Waals surface area contributed by atoms with Crippen molar-refractivity contribution >= 4 is 21.8 Å². The predicted molar refractivity (Wildman–Crippen MR) is 111 cm³/mol. The molecule has 0 unspecified atom stereocenters. The molecule has 0 bridgehead atoms. The molecule has 0 atom stereocenters. The number of halogens is 2. The fraction of sp³-hybridized carbons (Fsp3) is 0.174. The van der Waals surface area contributed by atoms with Gasteiger partial charge >= 0.3 is 0 Å². The molecule has 3 nitrogen and oxygen atoms in total. The molecule has 0 aliphatic carbocycles. The molecule has 0 aliphatic heterocycles. The van der Waals surface area contributed by atoms with Crippen molar-refractivity contribution in [2.24, 2.45) is 0 Å². The van der Waals surface area contributed by atoms with E-state index >= 15 is 0 Å². The van der Waals surface area contributed by atoms with E-state index in [1.54, 1.807) is 12.1 Å². The Morgan fingerprint density at radius 2 is 1.46 bits per heavy atom. The fourth-order valence-corrected chi connectivity index (χ4v) is 3.14. The molecule has 0 aliphatic rings. The molecule has 3 aromatic rings. The Bertz CT molecular complexity index is 914. The monoisotopic (exact) mass is 441 g/mol. The van der Waals surface area contributed by atoms with Gasteiger partial charge in [0.2, 0.25) is 5.91 Å². The van der Waals surface area contributed by atoms with Gasteiger partial charge in [0.25, 0.3) is 0 Å². The van der Waals surface area contributed by atoms with Crippen LogP contribution >= 0.6 is 15.9 Å². The number of carbonyl (C=O) groups excluding carboxylic acids is 1. The Labute approximate surface area is 172 Å². The maximum absolute atomic E-state index is 13.2. The molecular weight excluding hydrogens is 421 g/mol. The highest BCUT2D eigenvalue weighted by molar-refractivity contribution is 9.10. The van der Waals surface area contributed by atoms with Crippen molar-refractivity contribution in [1.82, 2.24) is 5.32 Å².